The number of carbonyl (C=O) groups excluding carboxylic acids is 2. The van der Waals surface area contributed by atoms with Gasteiger partial charge in [-0.25, -0.2) is 0 Å². The van der Waals surface area contributed by atoms with Gasteiger partial charge in [0.1, 0.15) is 5.75 Å². The Morgan fingerprint density at radius 1 is 0.933 bits per heavy atom. The molecule has 0 heterocycles. The molecule has 0 aliphatic heterocycles. The molecule has 0 bridgehead atoms. The number of hydrogen-bond acceptors (Lipinski definition) is 7. The van der Waals surface area contributed by atoms with E-state index in [1.165, 1.54) is 0 Å². The van der Waals surface area contributed by atoms with Crippen molar-refractivity contribution in [3.8, 4) is 5.75 Å². The van der Waals surface area contributed by atoms with Gasteiger partial charge in [0.15, 0.2) is 11.6 Å². The molecule has 0 atom stereocenters. The van der Waals surface area contributed by atoms with Gasteiger partial charge in [0.2, 0.25) is 0 Å². The Morgan fingerprint density at radius 2 is 1.57 bits per heavy atom. The van der Waals surface area contributed by atoms with Crippen LogP contribution in [0.4, 0.5) is 22.7 Å². The quantitative estimate of drug-likeness (QED) is 0.366. The number of benzene rings is 3. The number of anilines is 4. The van der Waals surface area contributed by atoms with Gasteiger partial charge in [-0.1, -0.05) is 24.3 Å². The number of nitrogens with one attached hydrogen (secondary N) is 2. The SMILES string of the molecule is COc1ccc(Nc2cc(NCCO)c(N)c3c2C(=O)c2ccccc2C3=O)cc1. The zero-order valence-corrected chi connectivity index (χ0v) is 16.4. The van der Waals surface area contributed by atoms with Crippen LogP contribution in [0, 0.1) is 0 Å². The van der Waals surface area contributed by atoms with Gasteiger partial charge >= 0.3 is 0 Å². The molecule has 0 saturated carbocycles. The lowest BCUT2D eigenvalue weighted by Gasteiger charge is -2.24. The molecule has 0 amide bonds. The third-order valence-corrected chi connectivity index (χ3v) is 5.03. The minimum absolute atomic E-state index is 0.104. The van der Waals surface area contributed by atoms with E-state index in [1.54, 1.807) is 49.6 Å². The molecule has 30 heavy (non-hydrogen) atoms. The number of ether oxygens (including phenoxy) is 1. The molecule has 0 unspecified atom stereocenters. The highest BCUT2D eigenvalue weighted by atomic mass is 16.5. The number of ketones is 2. The molecule has 0 radical (unpaired) electrons. The molecular weight excluding hydrogens is 382 g/mol. The first-order valence-electron chi connectivity index (χ1n) is 9.46. The van der Waals surface area contributed by atoms with Crippen LogP contribution in [0.1, 0.15) is 31.8 Å². The molecule has 1 aliphatic rings. The lowest BCUT2D eigenvalue weighted by molar-refractivity contribution is 0.0980. The van der Waals surface area contributed by atoms with Crippen LogP contribution in [0.5, 0.6) is 5.75 Å². The van der Waals surface area contributed by atoms with Crippen LogP contribution >= 0.6 is 0 Å². The second kappa shape index (κ2) is 7.88. The minimum atomic E-state index is -0.303. The van der Waals surface area contributed by atoms with E-state index in [1.807, 2.05) is 12.1 Å². The average molecular weight is 403 g/mol. The van der Waals surface area contributed by atoms with Gasteiger partial charge in [-0.3, -0.25) is 9.59 Å². The standard InChI is InChI=1S/C23H21N3O4/c1-30-14-8-6-13(7-9-14)26-17-12-18(25-10-11-27)21(24)20-19(17)22(28)15-4-2-3-5-16(15)23(20)29/h2-9,12,25-27H,10-11,24H2,1H3. The van der Waals surface area contributed by atoms with E-state index in [0.29, 0.717) is 28.3 Å². The Kier molecular flexibility index (Phi) is 5.12. The molecule has 3 aromatic carbocycles. The minimum Gasteiger partial charge on any atom is -0.497 e. The van der Waals surface area contributed by atoms with E-state index >= 15 is 0 Å². The molecule has 3 aromatic rings. The number of hydrogen-bond donors (Lipinski definition) is 4. The molecule has 0 spiro atoms. The molecule has 1 aliphatic carbocycles. The van der Waals surface area contributed by atoms with Gasteiger partial charge in [0.05, 0.1) is 41.9 Å². The zero-order chi connectivity index (χ0) is 21.3. The number of aliphatic hydroxyl groups excluding tert-OH is 1. The van der Waals surface area contributed by atoms with Crippen molar-refractivity contribution in [2.24, 2.45) is 0 Å². The van der Waals surface area contributed by atoms with Gasteiger partial charge < -0.3 is 26.2 Å². The number of carbonyl (C=O) groups is 2. The van der Waals surface area contributed by atoms with Gasteiger partial charge in [0, 0.05) is 23.4 Å². The molecule has 4 rings (SSSR count). The molecule has 7 heteroatoms. The Hall–Kier alpha value is -3.84. The van der Waals surface area contributed by atoms with Crippen LogP contribution in [0.2, 0.25) is 0 Å². The lowest BCUT2D eigenvalue weighted by atomic mass is 9.82. The van der Waals surface area contributed by atoms with E-state index in [2.05, 4.69) is 10.6 Å². The van der Waals surface area contributed by atoms with E-state index in [4.69, 9.17) is 10.5 Å². The predicted molar refractivity (Wildman–Crippen MR) is 116 cm³/mol. The summed E-state index contributed by atoms with van der Waals surface area (Å²) in [5.74, 6) is 0.130. The fraction of sp³-hybridized carbons (Fsp3) is 0.130. The van der Waals surface area contributed by atoms with Crippen molar-refractivity contribution < 1.29 is 19.4 Å². The smallest absolute Gasteiger partial charge is 0.196 e. The highest BCUT2D eigenvalue weighted by Crippen LogP contribution is 2.40. The van der Waals surface area contributed by atoms with Gasteiger partial charge in [-0.2, -0.15) is 0 Å². The number of rotatable bonds is 6. The van der Waals surface area contributed by atoms with Crippen molar-refractivity contribution in [1.29, 1.82) is 0 Å². The molecule has 152 valence electrons. The van der Waals surface area contributed by atoms with Crippen LogP contribution in [-0.2, 0) is 0 Å². The Morgan fingerprint density at radius 3 is 2.17 bits per heavy atom. The maximum atomic E-state index is 13.3. The second-order valence-electron chi connectivity index (χ2n) is 6.84. The van der Waals surface area contributed by atoms with E-state index in [-0.39, 0.29) is 41.5 Å². The van der Waals surface area contributed by atoms with Gasteiger partial charge in [-0.05, 0) is 30.3 Å². The lowest BCUT2D eigenvalue weighted by Crippen LogP contribution is -2.24. The highest BCUT2D eigenvalue weighted by Gasteiger charge is 2.34. The summed E-state index contributed by atoms with van der Waals surface area (Å²) in [6.07, 6.45) is 0. The van der Waals surface area contributed by atoms with Gasteiger partial charge in [-0.15, -0.1) is 0 Å². The summed E-state index contributed by atoms with van der Waals surface area (Å²) >= 11 is 0. The van der Waals surface area contributed by atoms with Crippen LogP contribution in [0.3, 0.4) is 0 Å². The van der Waals surface area contributed by atoms with E-state index < -0.39 is 0 Å². The van der Waals surface area contributed by atoms with Crippen LogP contribution in [-0.4, -0.2) is 36.9 Å². The van der Waals surface area contributed by atoms with Crippen molar-refractivity contribution in [1.82, 2.24) is 0 Å². The third kappa shape index (κ3) is 3.25. The third-order valence-electron chi connectivity index (χ3n) is 5.03. The summed E-state index contributed by atoms with van der Waals surface area (Å²) in [5.41, 5.74) is 9.21. The number of fused-ring (bicyclic) bond motifs is 2. The molecule has 5 N–H and O–H groups in total. The predicted octanol–water partition coefficient (Wildman–Crippen LogP) is 3.20. The first-order valence-corrected chi connectivity index (χ1v) is 9.46. The number of methoxy groups -OCH3 is 1. The Balaban J connectivity index is 1.88. The monoisotopic (exact) mass is 403 g/mol. The number of aliphatic hydroxyl groups is 1. The summed E-state index contributed by atoms with van der Waals surface area (Å²) < 4.78 is 5.18. The van der Waals surface area contributed by atoms with Crippen molar-refractivity contribution in [2.75, 3.05) is 36.6 Å². The first kappa shape index (κ1) is 19.5. The normalized spacial score (nSPS) is 12.2. The first-order chi connectivity index (χ1) is 14.5. The van der Waals surface area contributed by atoms with Crippen molar-refractivity contribution >= 4 is 34.3 Å². The van der Waals surface area contributed by atoms with Crippen LogP contribution < -0.4 is 21.1 Å². The highest BCUT2D eigenvalue weighted by molar-refractivity contribution is 6.32. The van der Waals surface area contributed by atoms with E-state index in [0.717, 1.165) is 5.69 Å². The number of nitrogen functional groups attached to an aromatic ring is 1. The molecule has 7 nitrogen and oxygen atoms in total. The maximum absolute atomic E-state index is 13.3. The van der Waals surface area contributed by atoms with E-state index in [9.17, 15) is 14.7 Å². The molecular formula is C23H21N3O4. The van der Waals surface area contributed by atoms with Crippen molar-refractivity contribution in [3.05, 3.63) is 76.9 Å². The molecule has 0 saturated heterocycles. The molecule has 0 aromatic heterocycles. The summed E-state index contributed by atoms with van der Waals surface area (Å²) in [6.45, 7) is 0.150. The summed E-state index contributed by atoms with van der Waals surface area (Å²) in [4.78, 5) is 26.5. The second-order valence-corrected chi connectivity index (χ2v) is 6.84. The fourth-order valence-corrected chi connectivity index (χ4v) is 3.58. The molecule has 0 fully saturated rings. The largest absolute Gasteiger partial charge is 0.497 e. The topological polar surface area (TPSA) is 114 Å². The average Bonchev–Trinajstić information content (AvgIpc) is 2.78. The summed E-state index contributed by atoms with van der Waals surface area (Å²) in [7, 11) is 1.58. The fourth-order valence-electron chi connectivity index (χ4n) is 3.58. The number of nitrogens with two attached hydrogens (primary N) is 1. The zero-order valence-electron chi connectivity index (χ0n) is 16.4. The van der Waals surface area contributed by atoms with Crippen LogP contribution in [0.15, 0.2) is 54.6 Å². The summed E-state index contributed by atoms with van der Waals surface area (Å²) in [6, 6.07) is 15.6. The Bertz CT molecular complexity index is 1140. The van der Waals surface area contributed by atoms with Crippen LogP contribution in [0.25, 0.3) is 0 Å². The Labute approximate surface area is 173 Å². The van der Waals surface area contributed by atoms with Crippen molar-refractivity contribution in [2.45, 2.75) is 0 Å². The maximum Gasteiger partial charge on any atom is 0.196 e. The van der Waals surface area contributed by atoms with Crippen molar-refractivity contribution in [3.63, 3.8) is 0 Å². The summed E-state index contributed by atoms with van der Waals surface area (Å²) in [5, 5.41) is 15.4. The van der Waals surface area contributed by atoms with Gasteiger partial charge in [0.25, 0.3) is 0 Å².